The van der Waals surface area contributed by atoms with E-state index in [9.17, 15) is 9.59 Å². The third kappa shape index (κ3) is 3.51. The molecule has 2 rings (SSSR count). The largest absolute Gasteiger partial charge is 0.463 e. The van der Waals surface area contributed by atoms with Gasteiger partial charge in [0.1, 0.15) is 5.76 Å². The van der Waals surface area contributed by atoms with Crippen LogP contribution in [-0.2, 0) is 9.59 Å². The standard InChI is InChI=1S/C12H14N4O3/c1-8-10(12(18)16-14-8)4-5-11(17)15-13-7-9-3-2-6-19-9/h2-3,6-7,10H,4-5H2,1H3,(H,15,17)(H,16,18). The highest BCUT2D eigenvalue weighted by molar-refractivity contribution is 6.07. The van der Waals surface area contributed by atoms with Gasteiger partial charge in [-0.15, -0.1) is 0 Å². The molecule has 1 aliphatic rings. The number of amides is 2. The fourth-order valence-electron chi connectivity index (χ4n) is 1.69. The minimum absolute atomic E-state index is 0.163. The fraction of sp³-hybridized carbons (Fsp3) is 0.333. The first-order valence-electron chi connectivity index (χ1n) is 5.86. The molecule has 2 N–H and O–H groups in total. The third-order valence-electron chi connectivity index (χ3n) is 2.75. The summed E-state index contributed by atoms with van der Waals surface area (Å²) in [4.78, 5) is 22.9. The summed E-state index contributed by atoms with van der Waals surface area (Å²) in [5.74, 6) is -0.182. The normalized spacial score (nSPS) is 18.5. The Labute approximate surface area is 109 Å². The zero-order valence-corrected chi connectivity index (χ0v) is 10.4. The van der Waals surface area contributed by atoms with Gasteiger partial charge in [-0.1, -0.05) is 0 Å². The molecule has 0 aromatic carbocycles. The van der Waals surface area contributed by atoms with Crippen molar-refractivity contribution in [3.63, 3.8) is 0 Å². The van der Waals surface area contributed by atoms with E-state index in [-0.39, 0.29) is 24.2 Å². The molecule has 1 atom stereocenters. The lowest BCUT2D eigenvalue weighted by molar-refractivity contribution is -0.123. The van der Waals surface area contributed by atoms with E-state index < -0.39 is 0 Å². The molecule has 1 aromatic rings. The van der Waals surface area contributed by atoms with Crippen LogP contribution in [0.25, 0.3) is 0 Å². The molecule has 19 heavy (non-hydrogen) atoms. The Bertz CT molecular complexity index is 519. The van der Waals surface area contributed by atoms with Crippen molar-refractivity contribution >= 4 is 23.7 Å². The highest BCUT2D eigenvalue weighted by Gasteiger charge is 2.26. The molecular weight excluding hydrogens is 248 g/mol. The van der Waals surface area contributed by atoms with Crippen LogP contribution in [0.5, 0.6) is 0 Å². The van der Waals surface area contributed by atoms with E-state index in [0.29, 0.717) is 17.9 Å². The maximum Gasteiger partial charge on any atom is 0.248 e. The lowest BCUT2D eigenvalue weighted by Gasteiger charge is -2.05. The number of rotatable bonds is 5. The van der Waals surface area contributed by atoms with Crippen LogP contribution in [0.4, 0.5) is 0 Å². The number of nitrogens with zero attached hydrogens (tertiary/aromatic N) is 2. The SMILES string of the molecule is CC1=NNC(=O)C1CCC(=O)NN=Cc1ccco1. The van der Waals surface area contributed by atoms with Gasteiger partial charge in [-0.2, -0.15) is 10.2 Å². The molecule has 0 saturated carbocycles. The van der Waals surface area contributed by atoms with E-state index in [4.69, 9.17) is 4.42 Å². The van der Waals surface area contributed by atoms with Crippen LogP contribution < -0.4 is 10.9 Å². The van der Waals surface area contributed by atoms with Crippen LogP contribution in [0.1, 0.15) is 25.5 Å². The molecule has 0 saturated heterocycles. The summed E-state index contributed by atoms with van der Waals surface area (Å²) in [6.45, 7) is 1.76. The van der Waals surface area contributed by atoms with Crippen molar-refractivity contribution in [3.8, 4) is 0 Å². The number of furan rings is 1. The van der Waals surface area contributed by atoms with Gasteiger partial charge in [0.2, 0.25) is 11.8 Å². The van der Waals surface area contributed by atoms with Gasteiger partial charge in [0.15, 0.2) is 0 Å². The molecule has 2 heterocycles. The number of hydrogen-bond acceptors (Lipinski definition) is 5. The first kappa shape index (κ1) is 13.0. The topological polar surface area (TPSA) is 96.1 Å². The van der Waals surface area contributed by atoms with Crippen LogP contribution in [0.15, 0.2) is 33.0 Å². The Hall–Kier alpha value is -2.44. The molecule has 1 aromatic heterocycles. The van der Waals surface area contributed by atoms with Gasteiger partial charge in [-0.05, 0) is 25.5 Å². The van der Waals surface area contributed by atoms with Crippen molar-refractivity contribution < 1.29 is 14.0 Å². The Balaban J connectivity index is 1.73. The number of carbonyl (C=O) groups is 2. The second-order valence-corrected chi connectivity index (χ2v) is 4.13. The number of hydrazone groups is 2. The molecule has 0 bridgehead atoms. The molecule has 0 radical (unpaired) electrons. The third-order valence-corrected chi connectivity index (χ3v) is 2.75. The average molecular weight is 262 g/mol. The molecule has 0 spiro atoms. The zero-order chi connectivity index (χ0) is 13.7. The van der Waals surface area contributed by atoms with E-state index in [0.717, 1.165) is 0 Å². The summed E-state index contributed by atoms with van der Waals surface area (Å²) >= 11 is 0. The van der Waals surface area contributed by atoms with Gasteiger partial charge in [0, 0.05) is 12.1 Å². The Morgan fingerprint density at radius 3 is 3.16 bits per heavy atom. The highest BCUT2D eigenvalue weighted by atomic mass is 16.3. The summed E-state index contributed by atoms with van der Waals surface area (Å²) in [5, 5.41) is 7.56. The van der Waals surface area contributed by atoms with E-state index in [1.807, 2.05) is 0 Å². The smallest absolute Gasteiger partial charge is 0.248 e. The molecule has 0 aliphatic carbocycles. The van der Waals surface area contributed by atoms with Gasteiger partial charge in [0.25, 0.3) is 0 Å². The van der Waals surface area contributed by atoms with Crippen LogP contribution in [-0.4, -0.2) is 23.7 Å². The molecular formula is C12H14N4O3. The predicted octanol–water partition coefficient (Wildman–Crippen LogP) is 0.632. The summed E-state index contributed by atoms with van der Waals surface area (Å²) in [7, 11) is 0. The van der Waals surface area contributed by atoms with E-state index >= 15 is 0 Å². The lowest BCUT2D eigenvalue weighted by Crippen LogP contribution is -2.25. The van der Waals surface area contributed by atoms with Crippen molar-refractivity contribution in [2.45, 2.75) is 19.8 Å². The minimum atomic E-state index is -0.320. The molecule has 100 valence electrons. The molecule has 2 amide bonds. The van der Waals surface area contributed by atoms with Gasteiger partial charge < -0.3 is 4.42 Å². The number of hydrogen-bond donors (Lipinski definition) is 2. The summed E-state index contributed by atoms with van der Waals surface area (Å²) in [5.41, 5.74) is 5.46. The molecule has 1 aliphatic heterocycles. The van der Waals surface area contributed by atoms with Gasteiger partial charge in [-0.25, -0.2) is 10.9 Å². The minimum Gasteiger partial charge on any atom is -0.463 e. The first-order chi connectivity index (χ1) is 9.16. The number of nitrogens with one attached hydrogen (secondary N) is 2. The first-order valence-corrected chi connectivity index (χ1v) is 5.86. The van der Waals surface area contributed by atoms with Gasteiger partial charge in [-0.3, -0.25) is 9.59 Å². The van der Waals surface area contributed by atoms with E-state index in [2.05, 4.69) is 21.1 Å². The summed E-state index contributed by atoms with van der Waals surface area (Å²) < 4.78 is 5.02. The van der Waals surface area contributed by atoms with Crippen LogP contribution in [0, 0.1) is 5.92 Å². The van der Waals surface area contributed by atoms with Crippen molar-refractivity contribution in [1.82, 2.24) is 10.9 Å². The molecule has 7 nitrogen and oxygen atoms in total. The Morgan fingerprint density at radius 2 is 2.53 bits per heavy atom. The molecule has 1 unspecified atom stereocenters. The quantitative estimate of drug-likeness (QED) is 0.601. The number of carbonyl (C=O) groups excluding carboxylic acids is 2. The van der Waals surface area contributed by atoms with Crippen LogP contribution in [0.3, 0.4) is 0 Å². The fourth-order valence-corrected chi connectivity index (χ4v) is 1.69. The second kappa shape index (κ2) is 5.94. The van der Waals surface area contributed by atoms with E-state index in [1.54, 1.807) is 19.1 Å². The van der Waals surface area contributed by atoms with Crippen LogP contribution >= 0.6 is 0 Å². The Morgan fingerprint density at radius 1 is 1.68 bits per heavy atom. The lowest BCUT2D eigenvalue weighted by atomic mass is 9.99. The predicted molar refractivity (Wildman–Crippen MR) is 68.4 cm³/mol. The maximum absolute atomic E-state index is 11.5. The zero-order valence-electron chi connectivity index (χ0n) is 10.4. The monoisotopic (exact) mass is 262 g/mol. The summed E-state index contributed by atoms with van der Waals surface area (Å²) in [6, 6.07) is 3.45. The van der Waals surface area contributed by atoms with Crippen molar-refractivity contribution in [1.29, 1.82) is 0 Å². The van der Waals surface area contributed by atoms with Crippen molar-refractivity contribution in [2.75, 3.05) is 0 Å². The van der Waals surface area contributed by atoms with Crippen LogP contribution in [0.2, 0.25) is 0 Å². The molecule has 7 heteroatoms. The Kier molecular flexibility index (Phi) is 4.07. The van der Waals surface area contributed by atoms with Gasteiger partial charge in [0.05, 0.1) is 18.4 Å². The second-order valence-electron chi connectivity index (χ2n) is 4.13. The van der Waals surface area contributed by atoms with Crippen molar-refractivity contribution in [2.24, 2.45) is 16.1 Å². The molecule has 0 fully saturated rings. The van der Waals surface area contributed by atoms with E-state index in [1.165, 1.54) is 12.5 Å². The highest BCUT2D eigenvalue weighted by Crippen LogP contribution is 2.13. The summed E-state index contributed by atoms with van der Waals surface area (Å²) in [6.07, 6.45) is 3.56. The maximum atomic E-state index is 11.5. The van der Waals surface area contributed by atoms with Gasteiger partial charge >= 0.3 is 0 Å². The average Bonchev–Trinajstić information content (AvgIpc) is 2.99. The van der Waals surface area contributed by atoms with Crippen molar-refractivity contribution in [3.05, 3.63) is 24.2 Å².